The van der Waals surface area contributed by atoms with Crippen LogP contribution in [0.25, 0.3) is 11.4 Å². The zero-order valence-electron chi connectivity index (χ0n) is 12.2. The molecule has 3 heterocycles. The van der Waals surface area contributed by atoms with E-state index in [1.54, 1.807) is 0 Å². The van der Waals surface area contributed by atoms with Gasteiger partial charge in [-0.15, -0.1) is 0 Å². The van der Waals surface area contributed by atoms with E-state index in [4.69, 9.17) is 14.0 Å². The minimum Gasteiger partial charge on any atom is -0.454 e. The van der Waals surface area contributed by atoms with Crippen molar-refractivity contribution in [3.8, 4) is 22.9 Å². The molecule has 2 aromatic rings. The lowest BCUT2D eigenvalue weighted by Crippen LogP contribution is -2.27. The smallest absolute Gasteiger partial charge is 0.241 e. The van der Waals surface area contributed by atoms with Crippen LogP contribution >= 0.6 is 0 Å². The second-order valence-corrected chi connectivity index (χ2v) is 5.46. The molecule has 1 aromatic heterocycles. The molecule has 116 valence electrons. The summed E-state index contributed by atoms with van der Waals surface area (Å²) in [6.07, 6.45) is 1.14. The Labute approximate surface area is 128 Å². The van der Waals surface area contributed by atoms with Gasteiger partial charge in [-0.25, -0.2) is 0 Å². The monoisotopic (exact) mass is 302 g/mol. The van der Waals surface area contributed by atoms with E-state index in [1.807, 2.05) is 18.2 Å². The number of ether oxygens (including phenoxy) is 2. The van der Waals surface area contributed by atoms with Crippen molar-refractivity contribution in [3.05, 3.63) is 24.1 Å². The first-order valence-electron chi connectivity index (χ1n) is 7.54. The Morgan fingerprint density at radius 1 is 1.14 bits per heavy atom. The van der Waals surface area contributed by atoms with Gasteiger partial charge in [0.1, 0.15) is 0 Å². The number of benzene rings is 1. The maximum atomic E-state index is 5.39. The van der Waals surface area contributed by atoms with Gasteiger partial charge in [-0.1, -0.05) is 5.16 Å². The lowest BCUT2D eigenvalue weighted by molar-refractivity contribution is 0.174. The molecule has 0 aliphatic carbocycles. The zero-order valence-corrected chi connectivity index (χ0v) is 12.2. The number of nitrogens with zero attached hydrogens (tertiary/aromatic N) is 3. The van der Waals surface area contributed by atoms with Crippen LogP contribution in [-0.4, -0.2) is 48.0 Å². The van der Waals surface area contributed by atoms with Crippen LogP contribution in [0.3, 0.4) is 0 Å². The Morgan fingerprint density at radius 2 is 2.09 bits per heavy atom. The van der Waals surface area contributed by atoms with Crippen molar-refractivity contribution in [3.63, 3.8) is 0 Å². The van der Waals surface area contributed by atoms with Crippen molar-refractivity contribution in [2.45, 2.75) is 13.0 Å². The summed E-state index contributed by atoms with van der Waals surface area (Å²) in [5, 5.41) is 7.46. The molecule has 0 unspecified atom stereocenters. The number of nitrogens with one attached hydrogen (secondary N) is 1. The summed E-state index contributed by atoms with van der Waals surface area (Å²) >= 11 is 0. The quantitative estimate of drug-likeness (QED) is 0.915. The standard InChI is InChI=1S/C15H18N4O3/c1-4-16-5-7-19(6-1)9-14-17-15(18-22-14)11-2-3-12-13(8-11)21-10-20-12/h2-3,8,16H,1,4-7,9-10H2. The molecule has 7 nitrogen and oxygen atoms in total. The normalized spacial score (nSPS) is 18.4. The van der Waals surface area contributed by atoms with Crippen LogP contribution in [0.1, 0.15) is 12.3 Å². The number of hydrogen-bond acceptors (Lipinski definition) is 7. The lowest BCUT2D eigenvalue weighted by Gasteiger charge is -2.16. The maximum Gasteiger partial charge on any atom is 0.241 e. The van der Waals surface area contributed by atoms with Crippen LogP contribution in [0.15, 0.2) is 22.7 Å². The van der Waals surface area contributed by atoms with Crippen molar-refractivity contribution in [1.82, 2.24) is 20.4 Å². The lowest BCUT2D eigenvalue weighted by atomic mass is 10.2. The van der Waals surface area contributed by atoms with Crippen LogP contribution in [0.2, 0.25) is 0 Å². The zero-order chi connectivity index (χ0) is 14.8. The van der Waals surface area contributed by atoms with E-state index >= 15 is 0 Å². The molecule has 7 heteroatoms. The highest BCUT2D eigenvalue weighted by Crippen LogP contribution is 2.35. The van der Waals surface area contributed by atoms with Gasteiger partial charge in [-0.05, 0) is 37.7 Å². The molecule has 1 aromatic carbocycles. The third-order valence-corrected chi connectivity index (χ3v) is 3.89. The fraction of sp³-hybridized carbons (Fsp3) is 0.467. The van der Waals surface area contributed by atoms with Crippen LogP contribution in [0, 0.1) is 0 Å². The average molecular weight is 302 g/mol. The highest BCUT2D eigenvalue weighted by molar-refractivity contribution is 5.61. The Balaban J connectivity index is 1.49. The largest absolute Gasteiger partial charge is 0.454 e. The summed E-state index contributed by atoms with van der Waals surface area (Å²) in [6, 6.07) is 5.67. The van der Waals surface area contributed by atoms with Gasteiger partial charge in [0.2, 0.25) is 18.5 Å². The summed E-state index contributed by atoms with van der Waals surface area (Å²) in [4.78, 5) is 6.82. The van der Waals surface area contributed by atoms with Gasteiger partial charge in [0, 0.05) is 18.7 Å². The van der Waals surface area contributed by atoms with Gasteiger partial charge >= 0.3 is 0 Å². The average Bonchev–Trinajstić information content (AvgIpc) is 3.11. The van der Waals surface area contributed by atoms with Gasteiger partial charge in [0.15, 0.2) is 11.5 Å². The Kier molecular flexibility index (Phi) is 3.65. The van der Waals surface area contributed by atoms with Gasteiger partial charge in [-0.3, -0.25) is 4.90 Å². The molecule has 0 bridgehead atoms. The third-order valence-electron chi connectivity index (χ3n) is 3.89. The second-order valence-electron chi connectivity index (χ2n) is 5.46. The fourth-order valence-electron chi connectivity index (χ4n) is 2.72. The highest BCUT2D eigenvalue weighted by atomic mass is 16.7. The molecule has 2 aliphatic heterocycles. The van der Waals surface area contributed by atoms with Gasteiger partial charge in [0.25, 0.3) is 0 Å². The minimum absolute atomic E-state index is 0.263. The van der Waals surface area contributed by atoms with E-state index in [9.17, 15) is 0 Å². The molecule has 1 fully saturated rings. The van der Waals surface area contributed by atoms with Crippen molar-refractivity contribution >= 4 is 0 Å². The number of rotatable bonds is 3. The molecule has 2 aliphatic rings. The molecular weight excluding hydrogens is 284 g/mol. The number of fused-ring (bicyclic) bond motifs is 1. The highest BCUT2D eigenvalue weighted by Gasteiger charge is 2.18. The molecule has 22 heavy (non-hydrogen) atoms. The van der Waals surface area contributed by atoms with Crippen LogP contribution in [0.5, 0.6) is 11.5 Å². The first-order valence-corrected chi connectivity index (χ1v) is 7.54. The topological polar surface area (TPSA) is 72.7 Å². The molecule has 4 rings (SSSR count). The van der Waals surface area contributed by atoms with E-state index in [1.165, 1.54) is 0 Å². The fourth-order valence-corrected chi connectivity index (χ4v) is 2.72. The van der Waals surface area contributed by atoms with Crippen LogP contribution < -0.4 is 14.8 Å². The Bertz CT molecular complexity index is 650. The summed E-state index contributed by atoms with van der Waals surface area (Å²) in [6.45, 7) is 5.08. The van der Waals surface area contributed by atoms with Gasteiger partial charge in [0.05, 0.1) is 6.54 Å². The predicted molar refractivity (Wildman–Crippen MR) is 78.6 cm³/mol. The summed E-state index contributed by atoms with van der Waals surface area (Å²) in [5.74, 6) is 2.71. The van der Waals surface area contributed by atoms with Gasteiger partial charge < -0.3 is 19.3 Å². The summed E-state index contributed by atoms with van der Waals surface area (Å²) in [7, 11) is 0. The molecule has 0 saturated carbocycles. The van der Waals surface area contributed by atoms with Crippen LogP contribution in [0.4, 0.5) is 0 Å². The van der Waals surface area contributed by atoms with Gasteiger partial charge in [-0.2, -0.15) is 4.98 Å². The number of hydrogen-bond donors (Lipinski definition) is 1. The van der Waals surface area contributed by atoms with E-state index in [2.05, 4.69) is 20.4 Å². The van der Waals surface area contributed by atoms with E-state index in [0.29, 0.717) is 18.3 Å². The molecule has 0 atom stereocenters. The summed E-state index contributed by atoms with van der Waals surface area (Å²) < 4.78 is 16.1. The van der Waals surface area contributed by atoms with E-state index in [-0.39, 0.29) is 6.79 Å². The van der Waals surface area contributed by atoms with Crippen molar-refractivity contribution in [1.29, 1.82) is 0 Å². The van der Waals surface area contributed by atoms with Crippen LogP contribution in [-0.2, 0) is 6.54 Å². The number of aromatic nitrogens is 2. The Hall–Kier alpha value is -2.12. The van der Waals surface area contributed by atoms with Crippen molar-refractivity contribution in [2.75, 3.05) is 33.0 Å². The molecular formula is C15H18N4O3. The third kappa shape index (κ3) is 2.77. The molecule has 1 N–H and O–H groups in total. The molecule has 0 radical (unpaired) electrons. The maximum absolute atomic E-state index is 5.39. The summed E-state index contributed by atoms with van der Waals surface area (Å²) in [5.41, 5.74) is 0.872. The Morgan fingerprint density at radius 3 is 3.09 bits per heavy atom. The minimum atomic E-state index is 0.263. The first kappa shape index (κ1) is 13.5. The first-order chi connectivity index (χ1) is 10.9. The predicted octanol–water partition coefficient (Wildman–Crippen LogP) is 1.26. The molecule has 0 amide bonds. The molecule has 0 spiro atoms. The van der Waals surface area contributed by atoms with Crippen molar-refractivity contribution < 1.29 is 14.0 Å². The van der Waals surface area contributed by atoms with E-state index < -0.39 is 0 Å². The van der Waals surface area contributed by atoms with Crippen molar-refractivity contribution in [2.24, 2.45) is 0 Å². The van der Waals surface area contributed by atoms with E-state index in [0.717, 1.165) is 49.7 Å². The second kappa shape index (κ2) is 5.94. The molecule has 1 saturated heterocycles. The SMILES string of the molecule is c1cc2c(cc1-c1noc(CN3CCCNCC3)n1)OCO2.